The second-order valence-electron chi connectivity index (χ2n) is 8.71. The highest BCUT2D eigenvalue weighted by Gasteiger charge is 2.42. The molecule has 2 aliphatic heterocycles. The lowest BCUT2D eigenvalue weighted by molar-refractivity contribution is -0.107. The van der Waals surface area contributed by atoms with E-state index >= 15 is 0 Å². The maximum atomic E-state index is 14.0. The molecule has 1 aromatic carbocycles. The summed E-state index contributed by atoms with van der Waals surface area (Å²) in [4.78, 5) is 4.51. The van der Waals surface area contributed by atoms with Crippen LogP contribution in [0.15, 0.2) is 29.2 Å². The van der Waals surface area contributed by atoms with E-state index in [0.29, 0.717) is 17.2 Å². The predicted molar refractivity (Wildman–Crippen MR) is 109 cm³/mol. The molecule has 0 bridgehead atoms. The Bertz CT molecular complexity index is 774. The van der Waals surface area contributed by atoms with Crippen LogP contribution in [0.4, 0.5) is 14.5 Å². The van der Waals surface area contributed by atoms with Crippen molar-refractivity contribution in [2.45, 2.75) is 56.1 Å². The summed E-state index contributed by atoms with van der Waals surface area (Å²) in [7, 11) is -3.29. The van der Waals surface area contributed by atoms with E-state index in [-0.39, 0.29) is 6.54 Å². The number of piperidine rings is 2. The van der Waals surface area contributed by atoms with Crippen LogP contribution in [0.25, 0.3) is 0 Å². The van der Waals surface area contributed by atoms with Crippen molar-refractivity contribution >= 4 is 15.5 Å². The first-order valence-electron chi connectivity index (χ1n) is 10.3. The number of anilines is 1. The molecule has 0 saturated carbocycles. The van der Waals surface area contributed by atoms with E-state index in [0.717, 1.165) is 44.7 Å². The molecule has 2 fully saturated rings. The van der Waals surface area contributed by atoms with E-state index in [9.17, 15) is 17.2 Å². The lowest BCUT2D eigenvalue weighted by Gasteiger charge is -2.40. The minimum Gasteiger partial charge on any atom is -0.371 e. The molecule has 0 radical (unpaired) electrons. The molecule has 0 aromatic heterocycles. The Hall–Kier alpha value is -1.21. The number of sulfone groups is 1. The fraction of sp³-hybridized carbons (Fsp3) is 0.714. The van der Waals surface area contributed by atoms with Crippen molar-refractivity contribution in [3.05, 3.63) is 24.3 Å². The Morgan fingerprint density at radius 3 is 2.43 bits per heavy atom. The Morgan fingerprint density at radius 1 is 1.14 bits per heavy atom. The maximum absolute atomic E-state index is 14.0. The lowest BCUT2D eigenvalue weighted by atomic mass is 9.91. The fourth-order valence-corrected chi connectivity index (χ4v) is 5.24. The minimum atomic E-state index is -3.29. The molecule has 3 rings (SSSR count). The molecule has 4 nitrogen and oxygen atoms in total. The van der Waals surface area contributed by atoms with Crippen LogP contribution in [0.2, 0.25) is 0 Å². The number of hydrogen-bond acceptors (Lipinski definition) is 4. The van der Waals surface area contributed by atoms with E-state index < -0.39 is 26.9 Å². The third kappa shape index (κ3) is 4.67. The van der Waals surface area contributed by atoms with Crippen LogP contribution in [-0.4, -0.2) is 57.2 Å². The smallest absolute Gasteiger partial charge is 0.263 e. The number of benzene rings is 1. The minimum absolute atomic E-state index is 0.122. The largest absolute Gasteiger partial charge is 0.371 e. The second-order valence-corrected chi connectivity index (χ2v) is 11.2. The molecule has 2 saturated heterocycles. The number of rotatable bonds is 5. The summed E-state index contributed by atoms with van der Waals surface area (Å²) < 4.78 is 52.8. The van der Waals surface area contributed by atoms with Gasteiger partial charge in [-0.1, -0.05) is 13.0 Å². The summed E-state index contributed by atoms with van der Waals surface area (Å²) in [6.45, 7) is 8.06. The van der Waals surface area contributed by atoms with Gasteiger partial charge in [0, 0.05) is 31.2 Å². The zero-order chi connectivity index (χ0) is 20.5. The topological polar surface area (TPSA) is 40.6 Å². The standard InChI is InChI=1S/C21H32F2N2O2S/c1-16(2)28(26,27)20-6-4-5-19(13-20)25-11-8-18(9-12-25)14-24-10-7-17(3)21(22,23)15-24/h4-6,13,16-18H,7-12,14-15H2,1-3H3. The van der Waals surface area contributed by atoms with Crippen molar-refractivity contribution in [1.82, 2.24) is 4.90 Å². The number of halogens is 2. The SMILES string of the molecule is CC1CCN(CC2CCN(c3cccc(S(=O)(=O)C(C)C)c3)CC2)CC1(F)F. The molecule has 0 N–H and O–H groups in total. The molecule has 158 valence electrons. The van der Waals surface area contributed by atoms with Crippen LogP contribution in [0, 0.1) is 11.8 Å². The molecule has 0 amide bonds. The zero-order valence-corrected chi connectivity index (χ0v) is 17.9. The van der Waals surface area contributed by atoms with E-state index in [1.807, 2.05) is 11.0 Å². The zero-order valence-electron chi connectivity index (χ0n) is 17.1. The summed E-state index contributed by atoms with van der Waals surface area (Å²) in [6.07, 6.45) is 2.44. The number of likely N-dealkylation sites (tertiary alicyclic amines) is 1. The van der Waals surface area contributed by atoms with Gasteiger partial charge in [-0.25, -0.2) is 17.2 Å². The molecule has 7 heteroatoms. The third-order valence-corrected chi connectivity index (χ3v) is 8.45. The lowest BCUT2D eigenvalue weighted by Crippen LogP contribution is -2.49. The van der Waals surface area contributed by atoms with Crippen LogP contribution < -0.4 is 4.90 Å². The summed E-state index contributed by atoms with van der Waals surface area (Å²) in [6, 6.07) is 7.17. The summed E-state index contributed by atoms with van der Waals surface area (Å²) >= 11 is 0. The molecule has 0 spiro atoms. The molecular weight excluding hydrogens is 382 g/mol. The summed E-state index contributed by atoms with van der Waals surface area (Å²) in [5.74, 6) is -2.69. The Kier molecular flexibility index (Phi) is 6.35. The van der Waals surface area contributed by atoms with Gasteiger partial charge in [0.15, 0.2) is 9.84 Å². The van der Waals surface area contributed by atoms with E-state index in [1.165, 1.54) is 0 Å². The molecule has 1 unspecified atom stereocenters. The van der Waals surface area contributed by atoms with Crippen molar-refractivity contribution < 1.29 is 17.2 Å². The first kappa shape index (κ1) is 21.5. The van der Waals surface area contributed by atoms with Crippen LogP contribution in [-0.2, 0) is 9.84 Å². The average molecular weight is 415 g/mol. The number of alkyl halides is 2. The first-order chi connectivity index (χ1) is 13.1. The van der Waals surface area contributed by atoms with Gasteiger partial charge in [0.25, 0.3) is 5.92 Å². The summed E-state index contributed by atoms with van der Waals surface area (Å²) in [5.41, 5.74) is 0.929. The molecule has 1 atom stereocenters. The molecular formula is C21H32F2N2O2S. The van der Waals surface area contributed by atoms with Gasteiger partial charge in [-0.05, 0) is 63.8 Å². The Balaban J connectivity index is 1.57. The number of nitrogens with zero attached hydrogens (tertiary/aromatic N) is 2. The fourth-order valence-electron chi connectivity index (χ4n) is 4.14. The van der Waals surface area contributed by atoms with Crippen LogP contribution in [0.1, 0.15) is 40.0 Å². The van der Waals surface area contributed by atoms with E-state index in [2.05, 4.69) is 4.90 Å². The molecule has 2 aliphatic rings. The van der Waals surface area contributed by atoms with Gasteiger partial charge in [0.1, 0.15) is 0 Å². The van der Waals surface area contributed by atoms with Gasteiger partial charge < -0.3 is 4.90 Å². The van der Waals surface area contributed by atoms with Crippen molar-refractivity contribution in [3.8, 4) is 0 Å². The van der Waals surface area contributed by atoms with Crippen LogP contribution in [0.3, 0.4) is 0 Å². The van der Waals surface area contributed by atoms with E-state index in [1.54, 1.807) is 39.0 Å². The summed E-state index contributed by atoms with van der Waals surface area (Å²) in [5, 5.41) is -0.445. The molecule has 2 heterocycles. The van der Waals surface area contributed by atoms with Gasteiger partial charge in [-0.3, -0.25) is 4.90 Å². The first-order valence-corrected chi connectivity index (χ1v) is 11.8. The monoisotopic (exact) mass is 414 g/mol. The van der Waals surface area contributed by atoms with Gasteiger partial charge >= 0.3 is 0 Å². The molecule has 0 aliphatic carbocycles. The van der Waals surface area contributed by atoms with Gasteiger partial charge in [0.05, 0.1) is 16.7 Å². The highest BCUT2D eigenvalue weighted by atomic mass is 32.2. The second kappa shape index (κ2) is 8.27. The quantitative estimate of drug-likeness (QED) is 0.729. The van der Waals surface area contributed by atoms with Gasteiger partial charge in [-0.15, -0.1) is 0 Å². The van der Waals surface area contributed by atoms with E-state index in [4.69, 9.17) is 0 Å². The Labute approximate surface area is 167 Å². The van der Waals surface area contributed by atoms with Crippen molar-refractivity contribution in [3.63, 3.8) is 0 Å². The predicted octanol–water partition coefficient (Wildman–Crippen LogP) is 4.06. The van der Waals surface area contributed by atoms with Crippen LogP contribution in [0.5, 0.6) is 0 Å². The molecule has 28 heavy (non-hydrogen) atoms. The number of hydrogen-bond donors (Lipinski definition) is 0. The Morgan fingerprint density at radius 2 is 1.82 bits per heavy atom. The average Bonchev–Trinajstić information content (AvgIpc) is 2.65. The maximum Gasteiger partial charge on any atom is 0.263 e. The van der Waals surface area contributed by atoms with Gasteiger partial charge in [-0.2, -0.15) is 0 Å². The highest BCUT2D eigenvalue weighted by Crippen LogP contribution is 2.34. The van der Waals surface area contributed by atoms with Crippen molar-refractivity contribution in [2.24, 2.45) is 11.8 Å². The van der Waals surface area contributed by atoms with Crippen molar-refractivity contribution in [2.75, 3.05) is 37.6 Å². The van der Waals surface area contributed by atoms with Crippen LogP contribution >= 0.6 is 0 Å². The molecule has 1 aromatic rings. The van der Waals surface area contributed by atoms with Crippen molar-refractivity contribution in [1.29, 1.82) is 0 Å². The third-order valence-electron chi connectivity index (χ3n) is 6.30. The van der Waals surface area contributed by atoms with Gasteiger partial charge in [0.2, 0.25) is 0 Å². The highest BCUT2D eigenvalue weighted by molar-refractivity contribution is 7.92. The normalized spacial score (nSPS) is 24.6.